The molecular formula is C32H24N4O5S3. The number of rotatable bonds is 6. The van der Waals surface area contributed by atoms with Crippen molar-refractivity contribution in [1.29, 1.82) is 0 Å². The van der Waals surface area contributed by atoms with Crippen molar-refractivity contribution in [2.45, 2.75) is 37.1 Å². The van der Waals surface area contributed by atoms with Gasteiger partial charge in [0.05, 0.1) is 26.5 Å². The van der Waals surface area contributed by atoms with E-state index in [9.17, 15) is 19.7 Å². The molecule has 0 saturated carbocycles. The number of thiazole rings is 1. The summed E-state index contributed by atoms with van der Waals surface area (Å²) >= 11 is 8.35. The van der Waals surface area contributed by atoms with Crippen LogP contribution >= 0.6 is 35.3 Å². The molecule has 0 N–H and O–H groups in total. The number of aromatic nitrogens is 1. The first-order valence-electron chi connectivity index (χ1n) is 13.4. The van der Waals surface area contributed by atoms with Crippen molar-refractivity contribution in [3.05, 3.63) is 110 Å². The molecule has 0 spiro atoms. The zero-order valence-electron chi connectivity index (χ0n) is 24.0. The Kier molecular flexibility index (Phi) is 7.66. The number of non-ortho nitro benzene ring substituents is 1. The van der Waals surface area contributed by atoms with Gasteiger partial charge in [-0.15, -0.1) is 11.3 Å². The molecule has 0 bridgehead atoms. The van der Waals surface area contributed by atoms with Gasteiger partial charge in [-0.1, -0.05) is 12.1 Å². The van der Waals surface area contributed by atoms with E-state index >= 15 is 0 Å². The lowest BCUT2D eigenvalue weighted by Gasteiger charge is -2.37. The molecule has 5 aromatic rings. The van der Waals surface area contributed by atoms with Crippen LogP contribution in [0.5, 0.6) is 0 Å². The predicted octanol–water partition coefficient (Wildman–Crippen LogP) is 7.93. The van der Waals surface area contributed by atoms with E-state index in [4.69, 9.17) is 16.6 Å². The van der Waals surface area contributed by atoms with E-state index in [0.29, 0.717) is 36.8 Å². The number of aryl methyl sites for hydroxylation is 4. The number of carbonyl (C=O) groups excluding carboxylic acids is 2. The quantitative estimate of drug-likeness (QED) is 0.0605. The number of thiocarbonyl (C=S) groups is 1. The van der Waals surface area contributed by atoms with E-state index in [1.54, 1.807) is 18.2 Å². The van der Waals surface area contributed by atoms with E-state index in [2.05, 4.69) is 4.98 Å². The smallest absolute Gasteiger partial charge is 0.270 e. The van der Waals surface area contributed by atoms with Crippen LogP contribution in [0.1, 0.15) is 28.0 Å². The van der Waals surface area contributed by atoms with Crippen molar-refractivity contribution in [3.63, 3.8) is 0 Å². The predicted molar refractivity (Wildman–Crippen MR) is 176 cm³/mol. The lowest BCUT2D eigenvalue weighted by Crippen LogP contribution is -2.57. The SMILES string of the molecule is Cc1cc(C)cc(N2C(=O)C(=Cc3ccc(Sc4nc5ccc([N+](=O)[O-])cc5s4)o3)C(=O)N(c3cc(C)cc(C)c3)C2=S)c1. The average molecular weight is 641 g/mol. The number of furan rings is 1. The summed E-state index contributed by atoms with van der Waals surface area (Å²) in [5.74, 6) is -0.803. The van der Waals surface area contributed by atoms with Crippen LogP contribution in [0.25, 0.3) is 16.3 Å². The number of benzene rings is 3. The van der Waals surface area contributed by atoms with Crippen molar-refractivity contribution in [1.82, 2.24) is 4.98 Å². The summed E-state index contributed by atoms with van der Waals surface area (Å²) in [6.45, 7) is 7.75. The molecule has 2 aromatic heterocycles. The highest BCUT2D eigenvalue weighted by molar-refractivity contribution is 8.01. The molecule has 44 heavy (non-hydrogen) atoms. The molecule has 1 aliphatic heterocycles. The van der Waals surface area contributed by atoms with Gasteiger partial charge >= 0.3 is 0 Å². The second kappa shape index (κ2) is 11.5. The van der Waals surface area contributed by atoms with E-state index in [1.807, 2.05) is 64.1 Å². The number of amides is 2. The van der Waals surface area contributed by atoms with Crippen molar-refractivity contribution in [2.24, 2.45) is 0 Å². The fourth-order valence-electron chi connectivity index (χ4n) is 5.09. The topological polar surface area (TPSA) is 110 Å². The summed E-state index contributed by atoms with van der Waals surface area (Å²) in [6.07, 6.45) is 1.43. The largest absolute Gasteiger partial charge is 0.450 e. The molecule has 0 unspecified atom stereocenters. The molecule has 12 heteroatoms. The van der Waals surface area contributed by atoms with Crippen LogP contribution in [0.4, 0.5) is 17.1 Å². The highest BCUT2D eigenvalue weighted by atomic mass is 32.2. The van der Waals surface area contributed by atoms with Crippen molar-refractivity contribution in [3.8, 4) is 0 Å². The van der Waals surface area contributed by atoms with Gasteiger partial charge < -0.3 is 4.42 Å². The molecular weight excluding hydrogens is 617 g/mol. The van der Waals surface area contributed by atoms with E-state index in [0.717, 1.165) is 22.3 Å². The van der Waals surface area contributed by atoms with Crippen molar-refractivity contribution < 1.29 is 18.9 Å². The minimum Gasteiger partial charge on any atom is -0.450 e. The van der Waals surface area contributed by atoms with Gasteiger partial charge in [0.1, 0.15) is 11.3 Å². The second-order valence-electron chi connectivity index (χ2n) is 10.5. The summed E-state index contributed by atoms with van der Waals surface area (Å²) < 4.78 is 7.31. The number of nitro benzene ring substituents is 1. The standard InChI is InChI=1S/C32H24N4O5S3/c1-17-9-18(2)12-22(11-17)34-29(37)25(30(38)35(32(34)42)23-13-19(3)10-20(4)14-23)16-24-6-8-28(41-24)44-31-33-26-7-5-21(36(39)40)15-27(26)43-31/h5-16H,1-4H3. The molecule has 2 amide bonds. The van der Waals surface area contributed by atoms with Gasteiger partial charge in [-0.3, -0.25) is 29.5 Å². The second-order valence-corrected chi connectivity index (χ2v) is 13.1. The van der Waals surface area contributed by atoms with Crippen molar-refractivity contribution in [2.75, 3.05) is 9.80 Å². The highest BCUT2D eigenvalue weighted by Gasteiger charge is 2.41. The van der Waals surface area contributed by atoms with Crippen LogP contribution in [0.3, 0.4) is 0 Å². The Bertz CT molecular complexity index is 1950. The Morgan fingerprint density at radius 2 is 1.43 bits per heavy atom. The molecule has 9 nitrogen and oxygen atoms in total. The first kappa shape index (κ1) is 29.4. The molecule has 3 aromatic carbocycles. The van der Waals surface area contributed by atoms with E-state index in [-0.39, 0.29) is 16.4 Å². The molecule has 3 heterocycles. The zero-order valence-corrected chi connectivity index (χ0v) is 26.4. The first-order valence-corrected chi connectivity index (χ1v) is 15.4. The number of carbonyl (C=O) groups is 2. The van der Waals surface area contributed by atoms with Crippen LogP contribution in [-0.2, 0) is 9.59 Å². The summed E-state index contributed by atoms with van der Waals surface area (Å²) in [5.41, 5.74) is 5.48. The maximum atomic E-state index is 14.0. The summed E-state index contributed by atoms with van der Waals surface area (Å²) in [7, 11) is 0. The maximum absolute atomic E-state index is 14.0. The normalized spacial score (nSPS) is 13.7. The third-order valence-corrected chi connectivity index (χ3v) is 9.18. The van der Waals surface area contributed by atoms with Crippen LogP contribution in [0.2, 0.25) is 0 Å². The monoisotopic (exact) mass is 640 g/mol. The number of fused-ring (bicyclic) bond motifs is 1. The lowest BCUT2D eigenvalue weighted by atomic mass is 10.0. The van der Waals surface area contributed by atoms with Crippen LogP contribution < -0.4 is 9.80 Å². The highest BCUT2D eigenvalue weighted by Crippen LogP contribution is 2.37. The van der Waals surface area contributed by atoms with Crippen molar-refractivity contribution >= 4 is 85.6 Å². The van der Waals surface area contributed by atoms with Gasteiger partial charge in [0.2, 0.25) is 0 Å². The molecule has 6 rings (SSSR count). The van der Waals surface area contributed by atoms with Gasteiger partial charge in [0.15, 0.2) is 14.5 Å². The molecule has 0 aliphatic carbocycles. The van der Waals surface area contributed by atoms with E-state index < -0.39 is 16.7 Å². The Balaban J connectivity index is 1.37. The van der Waals surface area contributed by atoms with Gasteiger partial charge in [0.25, 0.3) is 17.5 Å². The zero-order chi connectivity index (χ0) is 31.3. The average Bonchev–Trinajstić information content (AvgIpc) is 3.55. The molecule has 1 saturated heterocycles. The third kappa shape index (κ3) is 5.66. The van der Waals surface area contributed by atoms with Gasteiger partial charge in [-0.25, -0.2) is 4.98 Å². The summed E-state index contributed by atoms with van der Waals surface area (Å²) in [6, 6.07) is 19.3. The Hall–Kier alpha value is -4.65. The van der Waals surface area contributed by atoms with Gasteiger partial charge in [0, 0.05) is 12.1 Å². The third-order valence-electron chi connectivity index (χ3n) is 6.82. The van der Waals surface area contributed by atoms with Crippen LogP contribution in [0.15, 0.2) is 86.2 Å². The maximum Gasteiger partial charge on any atom is 0.270 e. The van der Waals surface area contributed by atoms with Gasteiger partial charge in [-0.2, -0.15) is 0 Å². The number of nitrogens with zero attached hydrogens (tertiary/aromatic N) is 4. The molecule has 1 fully saturated rings. The molecule has 0 atom stereocenters. The van der Waals surface area contributed by atoms with E-state index in [1.165, 1.54) is 51.1 Å². The number of hydrogen-bond acceptors (Lipinski definition) is 9. The van der Waals surface area contributed by atoms with Crippen LogP contribution in [0, 0.1) is 37.8 Å². The Morgan fingerprint density at radius 3 is 1.98 bits per heavy atom. The summed E-state index contributed by atoms with van der Waals surface area (Å²) in [4.78, 5) is 46.0. The van der Waals surface area contributed by atoms with Crippen LogP contribution in [-0.4, -0.2) is 26.8 Å². The molecule has 0 radical (unpaired) electrons. The lowest BCUT2D eigenvalue weighted by molar-refractivity contribution is -0.384. The fraction of sp³-hybridized carbons (Fsp3) is 0.125. The Labute approximate surface area is 266 Å². The minimum absolute atomic E-state index is 0.00403. The first-order chi connectivity index (χ1) is 21.0. The Morgan fingerprint density at radius 1 is 0.864 bits per heavy atom. The fourth-order valence-corrected chi connectivity index (χ4v) is 7.47. The minimum atomic E-state index is -0.552. The molecule has 1 aliphatic rings. The molecule has 220 valence electrons. The number of hydrogen-bond donors (Lipinski definition) is 0. The number of anilines is 2. The number of nitro groups is 1. The summed E-state index contributed by atoms with van der Waals surface area (Å²) in [5, 5.41) is 11.7. The van der Waals surface area contributed by atoms with Gasteiger partial charge in [-0.05, 0) is 122 Å².